The van der Waals surface area contributed by atoms with Crippen molar-refractivity contribution in [3.05, 3.63) is 42.4 Å². The van der Waals surface area contributed by atoms with Crippen molar-refractivity contribution >= 4 is 27.3 Å². The minimum atomic E-state index is -3.60. The van der Waals surface area contributed by atoms with Crippen LogP contribution in [0.2, 0.25) is 0 Å². The van der Waals surface area contributed by atoms with Crippen LogP contribution in [0.4, 0.5) is 11.4 Å². The number of furan rings is 1. The summed E-state index contributed by atoms with van der Waals surface area (Å²) in [5.41, 5.74) is 1.63. The van der Waals surface area contributed by atoms with Crippen LogP contribution in [0.25, 0.3) is 0 Å². The lowest BCUT2D eigenvalue weighted by molar-refractivity contribution is 0.102. The summed E-state index contributed by atoms with van der Waals surface area (Å²) in [5, 5.41) is 2.86. The second-order valence-electron chi connectivity index (χ2n) is 7.21. The van der Waals surface area contributed by atoms with Gasteiger partial charge in [0.25, 0.3) is 5.91 Å². The third-order valence-electron chi connectivity index (χ3n) is 5.30. The predicted octanol–water partition coefficient (Wildman–Crippen LogP) is 2.54. The van der Waals surface area contributed by atoms with Gasteiger partial charge in [-0.25, -0.2) is 8.42 Å². The van der Waals surface area contributed by atoms with Crippen molar-refractivity contribution in [2.75, 3.05) is 49.6 Å². The number of ether oxygens (including phenoxy) is 1. The molecule has 8 nitrogen and oxygen atoms in total. The zero-order chi connectivity index (χ0) is 20.3. The van der Waals surface area contributed by atoms with Gasteiger partial charge in [0, 0.05) is 26.2 Å². The molecule has 0 atom stereocenters. The Morgan fingerprint density at radius 2 is 1.76 bits per heavy atom. The minimum Gasteiger partial charge on any atom is -0.472 e. The van der Waals surface area contributed by atoms with Gasteiger partial charge in [0.15, 0.2) is 0 Å². The summed E-state index contributed by atoms with van der Waals surface area (Å²) in [6.45, 7) is 3.58. The fraction of sp³-hybridized carbons (Fsp3) is 0.450. The normalized spacial score (nSPS) is 18.6. The predicted molar refractivity (Wildman–Crippen MR) is 109 cm³/mol. The zero-order valence-electron chi connectivity index (χ0n) is 16.2. The van der Waals surface area contributed by atoms with Crippen LogP contribution < -0.4 is 10.2 Å². The molecule has 0 unspecified atom stereocenters. The van der Waals surface area contributed by atoms with Gasteiger partial charge in [0.05, 0.1) is 41.3 Å². The maximum Gasteiger partial charge on any atom is 0.258 e. The highest BCUT2D eigenvalue weighted by Gasteiger charge is 2.27. The molecule has 4 rings (SSSR count). The zero-order valence-corrected chi connectivity index (χ0v) is 17.0. The molecule has 0 bridgehead atoms. The molecule has 2 aliphatic heterocycles. The van der Waals surface area contributed by atoms with Crippen LogP contribution in [-0.2, 0) is 14.8 Å². The Hall–Kier alpha value is -2.36. The molecule has 0 radical (unpaired) electrons. The van der Waals surface area contributed by atoms with Crippen LogP contribution in [0.1, 0.15) is 29.6 Å². The average molecular weight is 420 g/mol. The van der Waals surface area contributed by atoms with E-state index in [1.807, 2.05) is 0 Å². The smallest absolute Gasteiger partial charge is 0.258 e. The third kappa shape index (κ3) is 4.31. The van der Waals surface area contributed by atoms with Gasteiger partial charge in [-0.3, -0.25) is 4.79 Å². The van der Waals surface area contributed by atoms with Gasteiger partial charge in [0.2, 0.25) is 10.0 Å². The SMILES string of the molecule is O=C(Nc1cc(S(=O)(=O)N2CCCCC2)ccc1N1CCOCC1)c1ccoc1. The number of rotatable bonds is 5. The average Bonchev–Trinajstić information content (AvgIpc) is 3.30. The maximum absolute atomic E-state index is 13.1. The summed E-state index contributed by atoms with van der Waals surface area (Å²) in [6.07, 6.45) is 5.57. The summed E-state index contributed by atoms with van der Waals surface area (Å²) in [5.74, 6) is -0.347. The molecular formula is C20H25N3O5S. The molecule has 2 aromatic rings. The largest absolute Gasteiger partial charge is 0.472 e. The molecular weight excluding hydrogens is 394 g/mol. The fourth-order valence-corrected chi connectivity index (χ4v) is 5.24. The second kappa shape index (κ2) is 8.56. The summed E-state index contributed by atoms with van der Waals surface area (Å²) in [4.78, 5) is 14.9. The standard InChI is InChI=1S/C20H25N3O5S/c24-20(16-6-11-28-15-16)21-18-14-17(29(25,26)23-7-2-1-3-8-23)4-5-19(18)22-9-12-27-13-10-22/h4-6,11,14-15H,1-3,7-10,12-13H2,(H,21,24). The van der Waals surface area contributed by atoms with Gasteiger partial charge < -0.3 is 19.4 Å². The van der Waals surface area contributed by atoms with Crippen LogP contribution in [0.3, 0.4) is 0 Å². The fourth-order valence-electron chi connectivity index (χ4n) is 3.70. The van der Waals surface area contributed by atoms with Crippen LogP contribution in [-0.4, -0.2) is 58.0 Å². The number of piperidine rings is 1. The molecule has 1 aromatic heterocycles. The molecule has 1 N–H and O–H groups in total. The Morgan fingerprint density at radius 3 is 2.45 bits per heavy atom. The molecule has 0 spiro atoms. The highest BCUT2D eigenvalue weighted by atomic mass is 32.2. The lowest BCUT2D eigenvalue weighted by atomic mass is 10.2. The van der Waals surface area contributed by atoms with E-state index in [0.717, 1.165) is 24.9 Å². The van der Waals surface area contributed by atoms with Gasteiger partial charge in [-0.2, -0.15) is 4.31 Å². The quantitative estimate of drug-likeness (QED) is 0.801. The van der Waals surface area contributed by atoms with Gasteiger partial charge in [-0.05, 0) is 37.1 Å². The number of amides is 1. The van der Waals surface area contributed by atoms with E-state index in [2.05, 4.69) is 10.2 Å². The van der Waals surface area contributed by atoms with Crippen molar-refractivity contribution in [3.63, 3.8) is 0 Å². The van der Waals surface area contributed by atoms with Crippen molar-refractivity contribution in [3.8, 4) is 0 Å². The van der Waals surface area contributed by atoms with E-state index in [1.165, 1.54) is 16.8 Å². The van der Waals surface area contributed by atoms with E-state index in [4.69, 9.17) is 9.15 Å². The third-order valence-corrected chi connectivity index (χ3v) is 7.20. The topological polar surface area (TPSA) is 92.1 Å². The molecule has 3 heterocycles. The number of sulfonamides is 1. The van der Waals surface area contributed by atoms with Crippen molar-refractivity contribution < 1.29 is 22.4 Å². The first-order valence-electron chi connectivity index (χ1n) is 9.86. The van der Waals surface area contributed by atoms with Gasteiger partial charge in [-0.1, -0.05) is 6.42 Å². The first-order valence-corrected chi connectivity index (χ1v) is 11.3. The van der Waals surface area contributed by atoms with Gasteiger partial charge >= 0.3 is 0 Å². The van der Waals surface area contributed by atoms with Crippen molar-refractivity contribution in [1.29, 1.82) is 0 Å². The van der Waals surface area contributed by atoms with E-state index < -0.39 is 10.0 Å². The number of anilines is 2. The van der Waals surface area contributed by atoms with E-state index in [9.17, 15) is 13.2 Å². The van der Waals surface area contributed by atoms with Crippen LogP contribution >= 0.6 is 0 Å². The lowest BCUT2D eigenvalue weighted by Crippen LogP contribution is -2.37. The van der Waals surface area contributed by atoms with E-state index in [1.54, 1.807) is 24.3 Å². The summed E-state index contributed by atoms with van der Waals surface area (Å²) >= 11 is 0. The first-order chi connectivity index (χ1) is 14.1. The molecule has 1 amide bonds. The first kappa shape index (κ1) is 19.9. The van der Waals surface area contributed by atoms with E-state index >= 15 is 0 Å². The summed E-state index contributed by atoms with van der Waals surface area (Å²) in [6, 6.07) is 6.53. The molecule has 156 valence electrons. The summed E-state index contributed by atoms with van der Waals surface area (Å²) < 4.78 is 38.1. The highest BCUT2D eigenvalue weighted by Crippen LogP contribution is 2.32. The molecule has 2 saturated heterocycles. The number of hydrogen-bond donors (Lipinski definition) is 1. The lowest BCUT2D eigenvalue weighted by Gasteiger charge is -2.31. The number of carbonyl (C=O) groups excluding carboxylic acids is 1. The number of nitrogens with one attached hydrogen (secondary N) is 1. The van der Waals surface area contributed by atoms with Crippen LogP contribution in [0.5, 0.6) is 0 Å². The Morgan fingerprint density at radius 1 is 1.00 bits per heavy atom. The number of morpholine rings is 1. The minimum absolute atomic E-state index is 0.193. The molecule has 2 fully saturated rings. The van der Waals surface area contributed by atoms with Crippen molar-refractivity contribution in [1.82, 2.24) is 4.31 Å². The summed E-state index contributed by atoms with van der Waals surface area (Å²) in [7, 11) is -3.60. The second-order valence-corrected chi connectivity index (χ2v) is 9.15. The maximum atomic E-state index is 13.1. The number of hydrogen-bond acceptors (Lipinski definition) is 6. The molecule has 0 saturated carbocycles. The molecule has 1 aromatic carbocycles. The Labute approximate surface area is 170 Å². The highest BCUT2D eigenvalue weighted by molar-refractivity contribution is 7.89. The number of benzene rings is 1. The molecule has 29 heavy (non-hydrogen) atoms. The van der Waals surface area contributed by atoms with Crippen LogP contribution in [0, 0.1) is 0 Å². The monoisotopic (exact) mass is 419 g/mol. The Balaban J connectivity index is 1.68. The molecule has 2 aliphatic rings. The Bertz CT molecular complexity index is 947. The van der Waals surface area contributed by atoms with Gasteiger partial charge in [-0.15, -0.1) is 0 Å². The number of nitrogens with zero attached hydrogens (tertiary/aromatic N) is 2. The van der Waals surface area contributed by atoms with E-state index in [-0.39, 0.29) is 10.8 Å². The Kier molecular flexibility index (Phi) is 5.89. The van der Waals surface area contributed by atoms with Crippen LogP contribution in [0.15, 0.2) is 46.1 Å². The van der Waals surface area contributed by atoms with Gasteiger partial charge in [0.1, 0.15) is 6.26 Å². The van der Waals surface area contributed by atoms with Crippen molar-refractivity contribution in [2.24, 2.45) is 0 Å². The van der Waals surface area contributed by atoms with Crippen molar-refractivity contribution in [2.45, 2.75) is 24.2 Å². The molecule has 9 heteroatoms. The molecule has 0 aliphatic carbocycles. The number of carbonyl (C=O) groups is 1. The van der Waals surface area contributed by atoms with E-state index in [0.29, 0.717) is 50.6 Å².